The van der Waals surface area contributed by atoms with Crippen molar-refractivity contribution in [1.82, 2.24) is 15.6 Å². The van der Waals surface area contributed by atoms with E-state index < -0.39 is 0 Å². The van der Waals surface area contributed by atoms with Gasteiger partial charge < -0.3 is 26.2 Å². The summed E-state index contributed by atoms with van der Waals surface area (Å²) in [7, 11) is 1.51. The first-order valence-electron chi connectivity index (χ1n) is 21.9. The summed E-state index contributed by atoms with van der Waals surface area (Å²) in [5.41, 5.74) is 15.4. The molecule has 3 aromatic carbocycles. The van der Waals surface area contributed by atoms with E-state index in [0.29, 0.717) is 42.3 Å². The molecule has 0 saturated carbocycles. The number of anilines is 1. The Labute approximate surface area is 350 Å². The number of nitrogens with two attached hydrogens (primary N) is 1. The molecule has 1 aliphatic carbocycles. The van der Waals surface area contributed by atoms with Gasteiger partial charge in [-0.1, -0.05) is 85.2 Å². The van der Waals surface area contributed by atoms with Gasteiger partial charge in [-0.2, -0.15) is 0 Å². The van der Waals surface area contributed by atoms with E-state index in [4.69, 9.17) is 10.5 Å². The molecule has 59 heavy (non-hydrogen) atoms. The van der Waals surface area contributed by atoms with Crippen molar-refractivity contribution in [3.8, 4) is 11.5 Å². The molecule has 8 nitrogen and oxygen atoms in total. The number of Topliss-reactive ketones (excluding diaryl/α,β-unsaturated/α-hetero) is 1. The van der Waals surface area contributed by atoms with Gasteiger partial charge in [0, 0.05) is 25.2 Å². The average Bonchev–Trinajstić information content (AvgIpc) is 3.25. The number of benzene rings is 3. The smallest absolute Gasteiger partial charge is 0.163 e. The second-order valence-corrected chi connectivity index (χ2v) is 17.0. The molecule has 0 spiro atoms. The van der Waals surface area contributed by atoms with E-state index in [0.717, 1.165) is 92.8 Å². The Morgan fingerprint density at radius 3 is 2.53 bits per heavy atom. The normalized spacial score (nSPS) is 20.1. The number of carbonyl (C=O) groups excluding carboxylic acids is 2. The lowest BCUT2D eigenvalue weighted by Gasteiger charge is -2.47. The number of phenolic OH excluding ortho intramolecular Hbond substituents is 1. The third-order valence-corrected chi connectivity index (χ3v) is 12.9. The van der Waals surface area contributed by atoms with Crippen LogP contribution in [0.2, 0.25) is 0 Å². The highest BCUT2D eigenvalue weighted by molar-refractivity contribution is 6.06. The van der Waals surface area contributed by atoms with Crippen LogP contribution in [0.25, 0.3) is 6.08 Å². The van der Waals surface area contributed by atoms with E-state index in [9.17, 15) is 14.7 Å². The van der Waals surface area contributed by atoms with Gasteiger partial charge in [-0.05, 0) is 158 Å². The summed E-state index contributed by atoms with van der Waals surface area (Å²) >= 11 is 0. The van der Waals surface area contributed by atoms with Crippen molar-refractivity contribution in [3.05, 3.63) is 136 Å². The minimum Gasteiger partial charge on any atom is -0.504 e. The maximum absolute atomic E-state index is 13.1. The number of piperidine rings is 2. The Morgan fingerprint density at radius 2 is 1.69 bits per heavy atom. The second kappa shape index (κ2) is 20.8. The van der Waals surface area contributed by atoms with Crippen LogP contribution < -0.4 is 21.1 Å². The Bertz CT molecular complexity index is 2110. The zero-order chi connectivity index (χ0) is 41.0. The van der Waals surface area contributed by atoms with Crippen molar-refractivity contribution in [2.24, 2.45) is 17.8 Å². The second-order valence-electron chi connectivity index (χ2n) is 17.0. The summed E-state index contributed by atoms with van der Waals surface area (Å²) < 4.78 is 5.44. The van der Waals surface area contributed by atoms with Gasteiger partial charge in [0.25, 0.3) is 0 Å². The van der Waals surface area contributed by atoms with Crippen LogP contribution in [0.4, 0.5) is 5.82 Å². The summed E-state index contributed by atoms with van der Waals surface area (Å²) in [6.45, 7) is 3.32. The van der Waals surface area contributed by atoms with E-state index in [2.05, 4.69) is 70.2 Å². The first-order valence-corrected chi connectivity index (χ1v) is 21.9. The van der Waals surface area contributed by atoms with Crippen LogP contribution in [-0.4, -0.2) is 54.4 Å². The minimum atomic E-state index is -0.226. The number of phenols is 1. The number of pyridine rings is 1. The molecule has 0 bridgehead atoms. The molecule has 2 saturated heterocycles. The zero-order valence-corrected chi connectivity index (χ0v) is 34.8. The molecular formula is C51H62N4O4. The molecule has 2 fully saturated rings. The van der Waals surface area contributed by atoms with Gasteiger partial charge in [-0.25, -0.2) is 4.98 Å². The molecule has 3 heterocycles. The fourth-order valence-electron chi connectivity index (χ4n) is 9.77. The number of rotatable bonds is 19. The lowest BCUT2D eigenvalue weighted by Crippen LogP contribution is -2.52. The molecule has 4 atom stereocenters. The number of nitrogen functional groups attached to an aromatic ring is 1. The number of allylic oxidation sites excluding steroid dienone is 1. The van der Waals surface area contributed by atoms with Gasteiger partial charge in [0.2, 0.25) is 0 Å². The first kappa shape index (κ1) is 42.1. The molecular weight excluding hydrogens is 733 g/mol. The highest BCUT2D eigenvalue weighted by atomic mass is 16.5. The van der Waals surface area contributed by atoms with Crippen molar-refractivity contribution in [2.45, 2.75) is 95.9 Å². The number of ketones is 2. The number of nitrogens with zero attached hydrogens (tertiary/aromatic N) is 1. The Balaban J connectivity index is 0.926. The highest BCUT2D eigenvalue weighted by Crippen LogP contribution is 2.42. The molecule has 8 heteroatoms. The number of aromatic nitrogens is 1. The van der Waals surface area contributed by atoms with E-state index in [1.165, 1.54) is 55.6 Å². The maximum Gasteiger partial charge on any atom is 0.163 e. The van der Waals surface area contributed by atoms with Gasteiger partial charge in [-0.15, -0.1) is 0 Å². The number of fused-ring (bicyclic) bond motifs is 2. The molecule has 0 amide bonds. The molecule has 0 radical (unpaired) electrons. The predicted octanol–water partition coefficient (Wildman–Crippen LogP) is 8.57. The van der Waals surface area contributed by atoms with Crippen LogP contribution in [0.15, 0.2) is 96.7 Å². The SMILES string of the molecule is COc1cc(C=CC(=O)CC(=O)CCCCC[C@@H]2[C@@H]3CCNC[C@@H]3C=C3CCCN[C@H]32)c(Cc2cnc(N)cc2CCc2cccc(CCc3ccccc3)c2)cc1O. The number of unbranched alkanes of at least 4 members (excludes halogenated alkanes) is 2. The van der Waals surface area contributed by atoms with Crippen LogP contribution >= 0.6 is 0 Å². The monoisotopic (exact) mass is 794 g/mol. The van der Waals surface area contributed by atoms with E-state index in [1.54, 1.807) is 30.0 Å². The molecule has 7 rings (SSSR count). The molecule has 4 aromatic rings. The fraction of sp³-hybridized carbons (Fsp3) is 0.431. The van der Waals surface area contributed by atoms with Gasteiger partial charge in [0.15, 0.2) is 17.3 Å². The van der Waals surface area contributed by atoms with Gasteiger partial charge in [0.05, 0.1) is 13.5 Å². The number of carbonyl (C=O) groups is 2. The number of aryl methyl sites for hydroxylation is 4. The van der Waals surface area contributed by atoms with Crippen molar-refractivity contribution in [3.63, 3.8) is 0 Å². The summed E-state index contributed by atoms with van der Waals surface area (Å²) in [5, 5.41) is 18.2. The lowest BCUT2D eigenvalue weighted by atomic mass is 9.64. The Hall–Kier alpha value is -5.05. The third kappa shape index (κ3) is 11.6. The topological polar surface area (TPSA) is 127 Å². The largest absolute Gasteiger partial charge is 0.504 e. The molecule has 1 aromatic heterocycles. The first-order chi connectivity index (χ1) is 28.8. The van der Waals surface area contributed by atoms with Gasteiger partial charge in [-0.3, -0.25) is 9.59 Å². The molecule has 3 aliphatic rings. The third-order valence-electron chi connectivity index (χ3n) is 12.9. The van der Waals surface area contributed by atoms with Crippen LogP contribution in [0.1, 0.15) is 96.7 Å². The number of ether oxygens (including phenoxy) is 1. The zero-order valence-electron chi connectivity index (χ0n) is 34.8. The lowest BCUT2D eigenvalue weighted by molar-refractivity contribution is -0.124. The fourth-order valence-corrected chi connectivity index (χ4v) is 9.77. The van der Waals surface area contributed by atoms with Crippen molar-refractivity contribution < 1.29 is 19.4 Å². The Morgan fingerprint density at radius 1 is 0.898 bits per heavy atom. The minimum absolute atomic E-state index is 0.0160. The number of aromatic hydroxyl groups is 1. The van der Waals surface area contributed by atoms with Crippen LogP contribution in [0, 0.1) is 17.8 Å². The van der Waals surface area contributed by atoms with Gasteiger partial charge in [0.1, 0.15) is 11.6 Å². The van der Waals surface area contributed by atoms with Crippen molar-refractivity contribution >= 4 is 23.5 Å². The maximum atomic E-state index is 13.1. The molecule has 0 unspecified atom stereocenters. The summed E-state index contributed by atoms with van der Waals surface area (Å²) in [6.07, 6.45) is 19.8. The van der Waals surface area contributed by atoms with Crippen LogP contribution in [0.3, 0.4) is 0 Å². The van der Waals surface area contributed by atoms with E-state index >= 15 is 0 Å². The van der Waals surface area contributed by atoms with Crippen LogP contribution in [0.5, 0.6) is 11.5 Å². The van der Waals surface area contributed by atoms with E-state index in [-0.39, 0.29) is 23.7 Å². The van der Waals surface area contributed by atoms with Gasteiger partial charge >= 0.3 is 0 Å². The van der Waals surface area contributed by atoms with Crippen molar-refractivity contribution in [2.75, 3.05) is 32.5 Å². The number of hydrogen-bond acceptors (Lipinski definition) is 8. The average molecular weight is 795 g/mol. The highest BCUT2D eigenvalue weighted by Gasteiger charge is 2.41. The van der Waals surface area contributed by atoms with Crippen molar-refractivity contribution in [1.29, 1.82) is 0 Å². The number of hydrogen-bond donors (Lipinski definition) is 4. The van der Waals surface area contributed by atoms with E-state index in [1.807, 2.05) is 12.1 Å². The summed E-state index contributed by atoms with van der Waals surface area (Å²) in [6, 6.07) is 25.2. The molecule has 5 N–H and O–H groups in total. The van der Waals surface area contributed by atoms with Crippen LogP contribution in [-0.2, 0) is 41.7 Å². The molecule has 310 valence electrons. The Kier molecular flexibility index (Phi) is 14.8. The summed E-state index contributed by atoms with van der Waals surface area (Å²) in [4.78, 5) is 30.5. The summed E-state index contributed by atoms with van der Waals surface area (Å²) in [5.74, 6) is 2.62. The predicted molar refractivity (Wildman–Crippen MR) is 238 cm³/mol. The number of nitrogens with one attached hydrogen (secondary N) is 2. The quantitative estimate of drug-likeness (QED) is 0.0322. The number of methoxy groups -OCH3 is 1. The molecule has 2 aliphatic heterocycles. The standard InChI is InChI=1S/C51H62N4O4/c1-59-49-30-38(21-22-45(57)32-44(56)15-6-3-7-16-47-46-23-25-53-33-43(46)27-40-14-9-24-54-51(40)47)41(29-48(49)58)28-42-34-55-50(52)31-39(42)20-19-37-13-8-12-36(26-37)18-17-35-10-4-2-5-11-35/h2,4-5,8,10-13,21-22,26-27,29-31,34,43,46-47,51,53-54,58H,3,6-7,9,14-20,23-25,28,32-33H2,1H3,(H2,52,55)/t43-,46+,47+,51+/m0/s1.